The molecule has 0 radical (unpaired) electrons. The van der Waals surface area contributed by atoms with Crippen LogP contribution in [0, 0.1) is 21.4 Å². The van der Waals surface area contributed by atoms with Crippen LogP contribution in [0.4, 0.5) is 24.5 Å². The Kier molecular flexibility index (Phi) is 5.82. The van der Waals surface area contributed by atoms with Crippen molar-refractivity contribution in [1.29, 1.82) is 5.26 Å². The zero-order valence-corrected chi connectivity index (χ0v) is 14.0. The minimum Gasteiger partial charge on any atom is -0.320 e. The molecule has 0 spiro atoms. The lowest BCUT2D eigenvalue weighted by Crippen LogP contribution is -2.15. The average Bonchev–Trinajstić information content (AvgIpc) is 2.60. The fourth-order valence-electron chi connectivity index (χ4n) is 2.07. The van der Waals surface area contributed by atoms with Crippen molar-refractivity contribution in [2.75, 3.05) is 5.32 Å². The number of halogens is 4. The number of nitro groups is 1. The largest absolute Gasteiger partial charge is 0.416 e. The topological polar surface area (TPSA) is 96.0 Å². The van der Waals surface area contributed by atoms with Crippen molar-refractivity contribution in [2.24, 2.45) is 0 Å². The highest BCUT2D eigenvalue weighted by atomic mass is 35.5. The number of nitro benzene ring substituents is 1. The van der Waals surface area contributed by atoms with E-state index in [1.165, 1.54) is 24.3 Å². The Labute approximate surface area is 155 Å². The van der Waals surface area contributed by atoms with Crippen LogP contribution in [-0.2, 0) is 11.0 Å². The highest BCUT2D eigenvalue weighted by molar-refractivity contribution is 6.34. The van der Waals surface area contributed by atoms with Crippen molar-refractivity contribution in [3.8, 4) is 6.07 Å². The van der Waals surface area contributed by atoms with E-state index >= 15 is 0 Å². The monoisotopic (exact) mass is 395 g/mol. The number of nitriles is 1. The normalized spacial score (nSPS) is 11.6. The summed E-state index contributed by atoms with van der Waals surface area (Å²) in [5, 5.41) is 22.1. The summed E-state index contributed by atoms with van der Waals surface area (Å²) in [6.07, 6.45) is -3.68. The molecule has 0 saturated heterocycles. The van der Waals surface area contributed by atoms with Gasteiger partial charge in [-0.05, 0) is 30.3 Å². The van der Waals surface area contributed by atoms with E-state index in [0.29, 0.717) is 6.07 Å². The maximum absolute atomic E-state index is 12.8. The standard InChI is InChI=1S/C17H9ClF3N3O3/c18-13-6-5-12(17(19,20)21)8-14(13)23-16(25)11(9-22)7-10-3-1-2-4-15(10)24(26)27/h1-8H,(H,23,25). The van der Waals surface area contributed by atoms with Crippen LogP contribution in [0.15, 0.2) is 48.0 Å². The molecule has 0 aromatic heterocycles. The zero-order valence-electron chi connectivity index (χ0n) is 13.2. The van der Waals surface area contributed by atoms with Gasteiger partial charge >= 0.3 is 6.18 Å². The van der Waals surface area contributed by atoms with Gasteiger partial charge in [-0.3, -0.25) is 14.9 Å². The summed E-state index contributed by atoms with van der Waals surface area (Å²) in [7, 11) is 0. The van der Waals surface area contributed by atoms with Crippen molar-refractivity contribution in [2.45, 2.75) is 6.18 Å². The summed E-state index contributed by atoms with van der Waals surface area (Å²) >= 11 is 5.79. The molecule has 1 amide bonds. The second kappa shape index (κ2) is 7.88. The molecule has 138 valence electrons. The van der Waals surface area contributed by atoms with Crippen molar-refractivity contribution in [3.05, 3.63) is 74.3 Å². The van der Waals surface area contributed by atoms with Crippen molar-refractivity contribution in [3.63, 3.8) is 0 Å². The summed E-state index contributed by atoms with van der Waals surface area (Å²) in [5.74, 6) is -1.06. The molecule has 0 heterocycles. The molecular weight excluding hydrogens is 387 g/mol. The smallest absolute Gasteiger partial charge is 0.320 e. The summed E-state index contributed by atoms with van der Waals surface area (Å²) in [6, 6.07) is 9.26. The Hall–Kier alpha value is -3.38. The van der Waals surface area contributed by atoms with Crippen molar-refractivity contribution in [1.82, 2.24) is 0 Å². The van der Waals surface area contributed by atoms with Gasteiger partial charge in [0.1, 0.15) is 11.6 Å². The van der Waals surface area contributed by atoms with Gasteiger partial charge in [-0.2, -0.15) is 18.4 Å². The Morgan fingerprint density at radius 3 is 2.52 bits per heavy atom. The van der Waals surface area contributed by atoms with Crippen LogP contribution in [0.25, 0.3) is 6.08 Å². The van der Waals surface area contributed by atoms with Crippen LogP contribution in [0.2, 0.25) is 5.02 Å². The van der Waals surface area contributed by atoms with Gasteiger partial charge in [0.2, 0.25) is 0 Å². The van der Waals surface area contributed by atoms with E-state index in [-0.39, 0.29) is 22.0 Å². The van der Waals surface area contributed by atoms with Crippen LogP contribution in [-0.4, -0.2) is 10.8 Å². The number of anilines is 1. The van der Waals surface area contributed by atoms with Gasteiger partial charge in [-0.15, -0.1) is 0 Å². The maximum atomic E-state index is 12.8. The predicted molar refractivity (Wildman–Crippen MR) is 91.8 cm³/mol. The molecule has 0 fully saturated rings. The molecule has 6 nitrogen and oxygen atoms in total. The zero-order chi connectivity index (χ0) is 20.2. The predicted octanol–water partition coefficient (Wildman–Crippen LogP) is 4.81. The van der Waals surface area contributed by atoms with E-state index < -0.39 is 28.1 Å². The van der Waals surface area contributed by atoms with E-state index in [1.807, 2.05) is 0 Å². The first kappa shape index (κ1) is 19.9. The number of benzene rings is 2. The van der Waals surface area contributed by atoms with Crippen molar-refractivity contribution >= 4 is 35.0 Å². The van der Waals surface area contributed by atoms with Gasteiger partial charge < -0.3 is 5.32 Å². The number of alkyl halides is 3. The molecule has 0 aliphatic carbocycles. The quantitative estimate of drug-likeness (QED) is 0.347. The number of carbonyl (C=O) groups excluding carboxylic acids is 1. The number of nitrogens with zero attached hydrogens (tertiary/aromatic N) is 2. The molecule has 2 aromatic rings. The minimum absolute atomic E-state index is 0.00987. The minimum atomic E-state index is -4.65. The molecule has 2 aromatic carbocycles. The molecule has 0 aliphatic heterocycles. The molecule has 0 atom stereocenters. The number of para-hydroxylation sites is 1. The molecular formula is C17H9ClF3N3O3. The third-order valence-electron chi connectivity index (χ3n) is 3.34. The molecule has 27 heavy (non-hydrogen) atoms. The number of carbonyl (C=O) groups is 1. The average molecular weight is 396 g/mol. The fourth-order valence-corrected chi connectivity index (χ4v) is 2.23. The number of amides is 1. The van der Waals surface area contributed by atoms with Gasteiger partial charge in [0, 0.05) is 6.07 Å². The Balaban J connectivity index is 2.37. The molecule has 2 rings (SSSR count). The van der Waals surface area contributed by atoms with E-state index in [0.717, 1.165) is 18.2 Å². The third-order valence-corrected chi connectivity index (χ3v) is 3.67. The van der Waals surface area contributed by atoms with Gasteiger partial charge in [-0.25, -0.2) is 0 Å². The van der Waals surface area contributed by atoms with E-state index in [1.54, 1.807) is 6.07 Å². The van der Waals surface area contributed by atoms with Gasteiger partial charge in [0.15, 0.2) is 0 Å². The van der Waals surface area contributed by atoms with Crippen LogP contribution in [0.3, 0.4) is 0 Å². The summed E-state index contributed by atoms with van der Waals surface area (Å²) in [5.41, 5.74) is -2.28. The molecule has 1 N–H and O–H groups in total. The molecule has 0 saturated carbocycles. The Bertz CT molecular complexity index is 981. The van der Waals surface area contributed by atoms with Gasteiger partial charge in [0.25, 0.3) is 11.6 Å². The molecule has 0 aliphatic rings. The second-order valence-electron chi connectivity index (χ2n) is 5.13. The van der Waals surface area contributed by atoms with Gasteiger partial charge in [-0.1, -0.05) is 23.7 Å². The maximum Gasteiger partial charge on any atom is 0.416 e. The first-order valence-electron chi connectivity index (χ1n) is 7.17. The van der Waals surface area contributed by atoms with Crippen LogP contribution >= 0.6 is 11.6 Å². The highest BCUT2D eigenvalue weighted by Crippen LogP contribution is 2.34. The second-order valence-corrected chi connectivity index (χ2v) is 5.54. The molecule has 10 heteroatoms. The summed E-state index contributed by atoms with van der Waals surface area (Å²) in [6.45, 7) is 0. The molecule has 0 bridgehead atoms. The SMILES string of the molecule is N#CC(=Cc1ccccc1[N+](=O)[O-])C(=O)Nc1cc(C(F)(F)F)ccc1Cl. The van der Waals surface area contributed by atoms with Crippen LogP contribution < -0.4 is 5.32 Å². The summed E-state index contributed by atoms with van der Waals surface area (Å²) in [4.78, 5) is 22.5. The van der Waals surface area contributed by atoms with E-state index in [2.05, 4.69) is 5.32 Å². The number of nitrogens with one attached hydrogen (secondary N) is 1. The number of rotatable bonds is 4. The fraction of sp³-hybridized carbons (Fsp3) is 0.0588. The van der Waals surface area contributed by atoms with Gasteiger partial charge in [0.05, 0.1) is 26.8 Å². The van der Waals surface area contributed by atoms with Crippen LogP contribution in [0.5, 0.6) is 0 Å². The number of hydrogen-bond donors (Lipinski definition) is 1. The lowest BCUT2D eigenvalue weighted by atomic mass is 10.1. The Morgan fingerprint density at radius 2 is 1.93 bits per heavy atom. The molecule has 0 unspecified atom stereocenters. The summed E-state index contributed by atoms with van der Waals surface area (Å²) < 4.78 is 38.4. The third kappa shape index (κ3) is 4.83. The Morgan fingerprint density at radius 1 is 1.26 bits per heavy atom. The lowest BCUT2D eigenvalue weighted by Gasteiger charge is -2.11. The van der Waals surface area contributed by atoms with Crippen molar-refractivity contribution < 1.29 is 22.9 Å². The van der Waals surface area contributed by atoms with E-state index in [4.69, 9.17) is 16.9 Å². The highest BCUT2D eigenvalue weighted by Gasteiger charge is 2.31. The first-order chi connectivity index (χ1) is 12.6. The lowest BCUT2D eigenvalue weighted by molar-refractivity contribution is -0.385. The van der Waals surface area contributed by atoms with Crippen LogP contribution in [0.1, 0.15) is 11.1 Å². The first-order valence-corrected chi connectivity index (χ1v) is 7.54. The number of hydrogen-bond acceptors (Lipinski definition) is 4. The van der Waals surface area contributed by atoms with E-state index in [9.17, 15) is 28.1 Å².